The Balaban J connectivity index is 2.28. The second-order valence-corrected chi connectivity index (χ2v) is 4.22. The van der Waals surface area contributed by atoms with Crippen LogP contribution in [0, 0.1) is 10.1 Å². The van der Waals surface area contributed by atoms with Gasteiger partial charge in [0.05, 0.1) is 10.5 Å². The highest BCUT2D eigenvalue weighted by atomic mass is 35.5. The van der Waals surface area contributed by atoms with Gasteiger partial charge in [-0.05, 0) is 17.7 Å². The van der Waals surface area contributed by atoms with E-state index in [1.807, 2.05) is 0 Å². The van der Waals surface area contributed by atoms with Gasteiger partial charge in [-0.3, -0.25) is 24.6 Å². The van der Waals surface area contributed by atoms with E-state index in [1.165, 1.54) is 30.3 Å². The molecule has 0 radical (unpaired) electrons. The van der Waals surface area contributed by atoms with E-state index in [-0.39, 0.29) is 23.7 Å². The number of carbonyl (C=O) groups is 2. The lowest BCUT2D eigenvalue weighted by Gasteiger charge is -2.12. The molecule has 0 aliphatic carbocycles. The molecule has 98 valence electrons. The number of nitro benzene ring substituents is 1. The summed E-state index contributed by atoms with van der Waals surface area (Å²) in [6.07, 6.45) is 1.22. The van der Waals surface area contributed by atoms with Gasteiger partial charge in [-0.1, -0.05) is 0 Å². The lowest BCUT2D eigenvalue weighted by atomic mass is 10.1. The van der Waals surface area contributed by atoms with Gasteiger partial charge in [-0.2, -0.15) is 0 Å². The van der Waals surface area contributed by atoms with Crippen LogP contribution in [0.1, 0.15) is 5.56 Å². The third-order valence-corrected chi connectivity index (χ3v) is 2.88. The van der Waals surface area contributed by atoms with Gasteiger partial charge >= 0.3 is 0 Å². The zero-order chi connectivity index (χ0) is 14.0. The molecule has 0 saturated carbocycles. The number of halogens is 1. The maximum Gasteiger partial charge on any atom is 0.269 e. The van der Waals surface area contributed by atoms with Gasteiger partial charge in [-0.25, -0.2) is 0 Å². The minimum absolute atomic E-state index is 0.0706. The SMILES string of the molecule is O=C1C=C(c2ccc([N+](=O)[O-])cc2)C(=O)N1CCCl. The monoisotopic (exact) mass is 280 g/mol. The first-order valence-corrected chi connectivity index (χ1v) is 5.96. The third kappa shape index (κ3) is 2.48. The van der Waals surface area contributed by atoms with Crippen molar-refractivity contribution in [3.63, 3.8) is 0 Å². The second kappa shape index (κ2) is 5.19. The number of benzene rings is 1. The average molecular weight is 281 g/mol. The maximum atomic E-state index is 12.0. The molecule has 0 unspecified atom stereocenters. The predicted octanol–water partition coefficient (Wildman–Crippen LogP) is 1.59. The van der Waals surface area contributed by atoms with E-state index < -0.39 is 16.7 Å². The van der Waals surface area contributed by atoms with Gasteiger partial charge in [0.15, 0.2) is 0 Å². The molecule has 2 rings (SSSR count). The number of imide groups is 1. The van der Waals surface area contributed by atoms with Crippen LogP contribution < -0.4 is 0 Å². The van der Waals surface area contributed by atoms with Gasteiger partial charge in [-0.15, -0.1) is 11.6 Å². The van der Waals surface area contributed by atoms with E-state index in [4.69, 9.17) is 11.6 Å². The highest BCUT2D eigenvalue weighted by molar-refractivity contribution is 6.33. The van der Waals surface area contributed by atoms with Gasteiger partial charge in [0.1, 0.15) is 0 Å². The minimum atomic E-state index is -0.528. The molecule has 1 heterocycles. The van der Waals surface area contributed by atoms with E-state index in [0.29, 0.717) is 5.56 Å². The van der Waals surface area contributed by atoms with Crippen molar-refractivity contribution in [1.29, 1.82) is 0 Å². The number of alkyl halides is 1. The zero-order valence-corrected chi connectivity index (χ0v) is 10.5. The van der Waals surface area contributed by atoms with E-state index in [9.17, 15) is 19.7 Å². The van der Waals surface area contributed by atoms with Crippen LogP contribution in [0.4, 0.5) is 5.69 Å². The number of carbonyl (C=O) groups excluding carboxylic acids is 2. The quantitative estimate of drug-likeness (QED) is 0.363. The molecule has 1 aliphatic rings. The normalized spacial score (nSPS) is 14.8. The Morgan fingerprint density at radius 2 is 1.84 bits per heavy atom. The Bertz CT molecular complexity index is 580. The lowest BCUT2D eigenvalue weighted by Crippen LogP contribution is -2.32. The molecule has 0 aromatic heterocycles. The second-order valence-electron chi connectivity index (χ2n) is 3.85. The first-order chi connectivity index (χ1) is 9.04. The number of nitrogens with zero attached hydrogens (tertiary/aromatic N) is 2. The number of non-ortho nitro benzene ring substituents is 1. The molecular formula is C12H9ClN2O4. The number of amides is 2. The van der Waals surface area contributed by atoms with Crippen molar-refractivity contribution in [3.05, 3.63) is 46.0 Å². The fraction of sp³-hybridized carbons (Fsp3) is 0.167. The predicted molar refractivity (Wildman–Crippen MR) is 68.5 cm³/mol. The van der Waals surface area contributed by atoms with Gasteiger partial charge in [0.2, 0.25) is 0 Å². The largest absolute Gasteiger partial charge is 0.274 e. The Hall–Kier alpha value is -2.21. The summed E-state index contributed by atoms with van der Waals surface area (Å²) in [6.45, 7) is 0.145. The van der Waals surface area contributed by atoms with Crippen molar-refractivity contribution < 1.29 is 14.5 Å². The minimum Gasteiger partial charge on any atom is -0.274 e. The number of nitro groups is 1. The van der Waals surface area contributed by atoms with Crippen molar-refractivity contribution >= 4 is 34.7 Å². The molecule has 7 heteroatoms. The first-order valence-electron chi connectivity index (χ1n) is 5.43. The lowest BCUT2D eigenvalue weighted by molar-refractivity contribution is -0.384. The van der Waals surface area contributed by atoms with Crippen LogP contribution in [0.2, 0.25) is 0 Å². The Morgan fingerprint density at radius 1 is 1.21 bits per heavy atom. The van der Waals surface area contributed by atoms with Crippen LogP contribution in [0.25, 0.3) is 5.57 Å². The first kappa shape index (κ1) is 13.2. The summed E-state index contributed by atoms with van der Waals surface area (Å²) < 4.78 is 0. The van der Waals surface area contributed by atoms with Gasteiger partial charge < -0.3 is 0 Å². The highest BCUT2D eigenvalue weighted by Crippen LogP contribution is 2.25. The van der Waals surface area contributed by atoms with Crippen LogP contribution in [0.3, 0.4) is 0 Å². The highest BCUT2D eigenvalue weighted by Gasteiger charge is 2.31. The molecule has 0 spiro atoms. The molecule has 0 fully saturated rings. The van der Waals surface area contributed by atoms with E-state index in [1.54, 1.807) is 0 Å². The van der Waals surface area contributed by atoms with Gasteiger partial charge in [0, 0.05) is 30.6 Å². The molecule has 19 heavy (non-hydrogen) atoms. The van der Waals surface area contributed by atoms with E-state index in [2.05, 4.69) is 0 Å². The summed E-state index contributed by atoms with van der Waals surface area (Å²) in [5.41, 5.74) is 0.629. The van der Waals surface area contributed by atoms with E-state index >= 15 is 0 Å². The molecular weight excluding hydrogens is 272 g/mol. The van der Waals surface area contributed by atoms with Gasteiger partial charge in [0.25, 0.3) is 17.5 Å². The number of rotatable bonds is 4. The zero-order valence-electron chi connectivity index (χ0n) is 9.71. The van der Waals surface area contributed by atoms with Crippen molar-refractivity contribution in [2.75, 3.05) is 12.4 Å². The van der Waals surface area contributed by atoms with E-state index in [0.717, 1.165) is 4.90 Å². The molecule has 1 aromatic rings. The molecule has 1 aromatic carbocycles. The summed E-state index contributed by atoms with van der Waals surface area (Å²) in [5, 5.41) is 10.5. The molecule has 0 bridgehead atoms. The third-order valence-electron chi connectivity index (χ3n) is 2.71. The molecule has 2 amide bonds. The van der Waals surface area contributed by atoms with Crippen LogP contribution in [-0.4, -0.2) is 34.1 Å². The Morgan fingerprint density at radius 3 is 2.37 bits per heavy atom. The molecule has 6 nitrogen and oxygen atoms in total. The standard InChI is InChI=1S/C12H9ClN2O4/c13-5-6-14-11(16)7-10(12(14)17)8-1-3-9(4-2-8)15(18)19/h1-4,7H,5-6H2. The summed E-state index contributed by atoms with van der Waals surface area (Å²) in [5.74, 6) is -0.683. The average Bonchev–Trinajstić information content (AvgIpc) is 2.67. The van der Waals surface area contributed by atoms with Crippen molar-refractivity contribution in [1.82, 2.24) is 4.90 Å². The van der Waals surface area contributed by atoms with Crippen LogP contribution in [-0.2, 0) is 9.59 Å². The summed E-state index contributed by atoms with van der Waals surface area (Å²) >= 11 is 5.52. The fourth-order valence-corrected chi connectivity index (χ4v) is 1.94. The van der Waals surface area contributed by atoms with Crippen molar-refractivity contribution in [2.24, 2.45) is 0 Å². The molecule has 0 saturated heterocycles. The smallest absolute Gasteiger partial charge is 0.269 e. The Kier molecular flexibility index (Phi) is 3.62. The molecule has 0 atom stereocenters. The number of hydrogen-bond donors (Lipinski definition) is 0. The Labute approximate surface area is 113 Å². The van der Waals surface area contributed by atoms with Crippen LogP contribution in [0.15, 0.2) is 30.3 Å². The summed E-state index contributed by atoms with van der Waals surface area (Å²) in [4.78, 5) is 34.6. The van der Waals surface area contributed by atoms with Crippen molar-refractivity contribution in [2.45, 2.75) is 0 Å². The number of hydrogen-bond acceptors (Lipinski definition) is 4. The molecule has 1 aliphatic heterocycles. The molecule has 0 N–H and O–H groups in total. The topological polar surface area (TPSA) is 80.5 Å². The van der Waals surface area contributed by atoms with Crippen molar-refractivity contribution in [3.8, 4) is 0 Å². The summed E-state index contributed by atoms with van der Waals surface area (Å²) in [7, 11) is 0. The summed E-state index contributed by atoms with van der Waals surface area (Å²) in [6, 6.07) is 5.47. The van der Waals surface area contributed by atoms with Crippen LogP contribution >= 0.6 is 11.6 Å². The maximum absolute atomic E-state index is 12.0. The fourth-order valence-electron chi connectivity index (χ4n) is 1.77. The van der Waals surface area contributed by atoms with Crippen LogP contribution in [0.5, 0.6) is 0 Å².